The number of para-hydroxylation sites is 2. The number of aromatic nitrogens is 3. The van der Waals surface area contributed by atoms with E-state index < -0.39 is 0 Å². The van der Waals surface area contributed by atoms with E-state index in [0.29, 0.717) is 12.4 Å². The molecule has 0 amide bonds. The van der Waals surface area contributed by atoms with Crippen LogP contribution in [0.1, 0.15) is 45.8 Å². The first-order chi connectivity index (χ1) is 13.5. The highest BCUT2D eigenvalue weighted by molar-refractivity contribution is 14.0. The fraction of sp³-hybridized carbons (Fsp3) is 0.476. The molecule has 0 saturated carbocycles. The smallest absolute Gasteiger partial charge is 0.216 e. The van der Waals surface area contributed by atoms with E-state index >= 15 is 0 Å². The van der Waals surface area contributed by atoms with E-state index in [-0.39, 0.29) is 29.4 Å². The van der Waals surface area contributed by atoms with Gasteiger partial charge in [0, 0.05) is 25.0 Å². The standard InChI is InChI=1S/C21H30N6O.HI/c1-5-22-20(25-14-19-24-13-18(28-19)21(2,3)4)23-11-8-12-27-15-26-16-9-6-7-10-17(16)27;/h6-7,9-10,13,15H,5,8,11-12,14H2,1-4H3,(H2,22,23,25);1H. The Kier molecular flexibility index (Phi) is 8.48. The van der Waals surface area contributed by atoms with Gasteiger partial charge in [0.05, 0.1) is 23.6 Å². The van der Waals surface area contributed by atoms with Crippen molar-refractivity contribution in [1.29, 1.82) is 0 Å². The Morgan fingerprint density at radius 1 is 1.17 bits per heavy atom. The van der Waals surface area contributed by atoms with Crippen LogP contribution in [0.4, 0.5) is 0 Å². The first kappa shape index (κ1) is 23.2. The summed E-state index contributed by atoms with van der Waals surface area (Å²) in [6, 6.07) is 8.19. The van der Waals surface area contributed by atoms with Gasteiger partial charge in [-0.1, -0.05) is 32.9 Å². The van der Waals surface area contributed by atoms with Crippen molar-refractivity contribution in [2.75, 3.05) is 13.1 Å². The van der Waals surface area contributed by atoms with Gasteiger partial charge in [-0.05, 0) is 25.5 Å². The van der Waals surface area contributed by atoms with Crippen LogP contribution in [0.2, 0.25) is 0 Å². The molecule has 0 unspecified atom stereocenters. The Morgan fingerprint density at radius 3 is 2.69 bits per heavy atom. The molecule has 2 aromatic heterocycles. The van der Waals surface area contributed by atoms with Crippen LogP contribution in [-0.4, -0.2) is 33.6 Å². The molecule has 0 aliphatic carbocycles. The quantitative estimate of drug-likeness (QED) is 0.217. The van der Waals surface area contributed by atoms with Crippen molar-refractivity contribution >= 4 is 41.0 Å². The molecule has 7 nitrogen and oxygen atoms in total. The number of nitrogens with one attached hydrogen (secondary N) is 2. The molecular weight excluding hydrogens is 479 g/mol. The average Bonchev–Trinajstić information content (AvgIpc) is 3.30. The monoisotopic (exact) mass is 510 g/mol. The van der Waals surface area contributed by atoms with Gasteiger partial charge in [-0.2, -0.15) is 0 Å². The van der Waals surface area contributed by atoms with Gasteiger partial charge in [0.1, 0.15) is 12.3 Å². The highest BCUT2D eigenvalue weighted by Gasteiger charge is 2.19. The van der Waals surface area contributed by atoms with Crippen molar-refractivity contribution in [3.63, 3.8) is 0 Å². The molecule has 29 heavy (non-hydrogen) atoms. The number of aryl methyl sites for hydroxylation is 1. The Hall–Kier alpha value is -2.10. The zero-order chi connectivity index (χ0) is 20.0. The number of guanidine groups is 1. The predicted octanol–water partition coefficient (Wildman–Crippen LogP) is 4.09. The maximum atomic E-state index is 5.81. The number of hydrogen-bond acceptors (Lipinski definition) is 4. The summed E-state index contributed by atoms with van der Waals surface area (Å²) in [4.78, 5) is 13.4. The van der Waals surface area contributed by atoms with E-state index in [1.165, 1.54) is 5.52 Å². The molecule has 3 rings (SSSR count). The fourth-order valence-electron chi connectivity index (χ4n) is 2.86. The van der Waals surface area contributed by atoms with Gasteiger partial charge >= 0.3 is 0 Å². The third kappa shape index (κ3) is 6.45. The van der Waals surface area contributed by atoms with E-state index in [1.54, 1.807) is 6.20 Å². The van der Waals surface area contributed by atoms with Crippen molar-refractivity contribution in [3.05, 3.63) is 48.4 Å². The molecule has 0 radical (unpaired) electrons. The Labute approximate surface area is 189 Å². The molecule has 0 fully saturated rings. The molecule has 8 heteroatoms. The number of oxazole rings is 1. The van der Waals surface area contributed by atoms with Crippen molar-refractivity contribution in [2.24, 2.45) is 4.99 Å². The van der Waals surface area contributed by atoms with E-state index in [4.69, 9.17) is 4.42 Å². The third-order valence-electron chi connectivity index (χ3n) is 4.41. The largest absolute Gasteiger partial charge is 0.443 e. The average molecular weight is 510 g/mol. The second kappa shape index (κ2) is 10.6. The van der Waals surface area contributed by atoms with Crippen LogP contribution in [-0.2, 0) is 18.5 Å². The first-order valence-corrected chi connectivity index (χ1v) is 9.84. The predicted molar refractivity (Wildman–Crippen MR) is 128 cm³/mol. The minimum absolute atomic E-state index is 0. The van der Waals surface area contributed by atoms with Crippen LogP contribution in [0, 0.1) is 0 Å². The molecule has 0 aliphatic heterocycles. The minimum atomic E-state index is -0.0464. The molecule has 0 saturated heterocycles. The van der Waals surface area contributed by atoms with Gasteiger partial charge in [0.25, 0.3) is 0 Å². The lowest BCUT2D eigenvalue weighted by Crippen LogP contribution is -2.38. The lowest BCUT2D eigenvalue weighted by atomic mass is 9.94. The summed E-state index contributed by atoms with van der Waals surface area (Å²) in [5.74, 6) is 2.28. The van der Waals surface area contributed by atoms with Gasteiger partial charge in [-0.25, -0.2) is 15.0 Å². The Balaban J connectivity index is 0.00000300. The van der Waals surface area contributed by atoms with Crippen LogP contribution in [0.3, 0.4) is 0 Å². The van der Waals surface area contributed by atoms with E-state index in [9.17, 15) is 0 Å². The molecule has 3 aromatic rings. The first-order valence-electron chi connectivity index (χ1n) is 9.84. The molecule has 0 aliphatic rings. The lowest BCUT2D eigenvalue weighted by molar-refractivity contribution is 0.383. The molecule has 158 valence electrons. The number of aliphatic imine (C=N–C) groups is 1. The number of benzene rings is 1. The van der Waals surface area contributed by atoms with E-state index in [2.05, 4.69) is 63.9 Å². The number of imidazole rings is 1. The molecule has 0 bridgehead atoms. The zero-order valence-corrected chi connectivity index (χ0v) is 19.9. The second-order valence-electron chi connectivity index (χ2n) is 7.77. The normalized spacial score (nSPS) is 12.1. The van der Waals surface area contributed by atoms with Crippen molar-refractivity contribution in [3.8, 4) is 0 Å². The van der Waals surface area contributed by atoms with Crippen LogP contribution < -0.4 is 10.6 Å². The van der Waals surface area contributed by atoms with E-state index in [0.717, 1.165) is 43.3 Å². The SMILES string of the molecule is CCNC(=NCc1ncc(C(C)(C)C)o1)NCCCn1cnc2ccccc21.I. The molecular formula is C21H31IN6O. The number of halogens is 1. The van der Waals surface area contributed by atoms with Gasteiger partial charge in [-0.15, -0.1) is 24.0 Å². The Bertz CT molecular complexity index is 925. The van der Waals surface area contributed by atoms with Crippen molar-refractivity contribution in [2.45, 2.75) is 52.6 Å². The molecule has 1 aromatic carbocycles. The minimum Gasteiger partial charge on any atom is -0.443 e. The zero-order valence-electron chi connectivity index (χ0n) is 17.6. The van der Waals surface area contributed by atoms with Crippen molar-refractivity contribution < 1.29 is 4.42 Å². The summed E-state index contributed by atoms with van der Waals surface area (Å²) in [7, 11) is 0. The summed E-state index contributed by atoms with van der Waals surface area (Å²) >= 11 is 0. The molecule has 2 N–H and O–H groups in total. The summed E-state index contributed by atoms with van der Waals surface area (Å²) in [6.07, 6.45) is 4.66. The van der Waals surface area contributed by atoms with Gasteiger partial charge < -0.3 is 19.6 Å². The molecule has 0 atom stereocenters. The summed E-state index contributed by atoms with van der Waals surface area (Å²) < 4.78 is 7.99. The third-order valence-corrected chi connectivity index (χ3v) is 4.41. The van der Waals surface area contributed by atoms with Crippen LogP contribution in [0.25, 0.3) is 11.0 Å². The molecule has 2 heterocycles. The number of hydrogen-bond donors (Lipinski definition) is 2. The highest BCUT2D eigenvalue weighted by atomic mass is 127. The fourth-order valence-corrected chi connectivity index (χ4v) is 2.86. The van der Waals surface area contributed by atoms with Crippen LogP contribution >= 0.6 is 24.0 Å². The Morgan fingerprint density at radius 2 is 1.97 bits per heavy atom. The number of rotatable bonds is 7. The maximum absolute atomic E-state index is 5.81. The van der Waals surface area contributed by atoms with Crippen LogP contribution in [0.15, 0.2) is 46.2 Å². The highest BCUT2D eigenvalue weighted by Crippen LogP contribution is 2.22. The summed E-state index contributed by atoms with van der Waals surface area (Å²) in [5.41, 5.74) is 2.16. The van der Waals surface area contributed by atoms with Crippen LogP contribution in [0.5, 0.6) is 0 Å². The van der Waals surface area contributed by atoms with Crippen molar-refractivity contribution in [1.82, 2.24) is 25.2 Å². The topological polar surface area (TPSA) is 80.3 Å². The van der Waals surface area contributed by atoms with Gasteiger partial charge in [0.15, 0.2) is 5.96 Å². The summed E-state index contributed by atoms with van der Waals surface area (Å²) in [5, 5.41) is 6.64. The number of fused-ring (bicyclic) bond motifs is 1. The lowest BCUT2D eigenvalue weighted by Gasteiger charge is -2.13. The number of nitrogens with zero attached hydrogens (tertiary/aromatic N) is 4. The van der Waals surface area contributed by atoms with Gasteiger partial charge in [0.2, 0.25) is 5.89 Å². The molecule has 0 spiro atoms. The summed E-state index contributed by atoms with van der Waals surface area (Å²) in [6.45, 7) is 11.3. The maximum Gasteiger partial charge on any atom is 0.216 e. The van der Waals surface area contributed by atoms with Gasteiger partial charge in [-0.3, -0.25) is 0 Å². The van der Waals surface area contributed by atoms with E-state index in [1.807, 2.05) is 24.5 Å². The second-order valence-corrected chi connectivity index (χ2v) is 7.77.